The Kier molecular flexibility index (Phi) is 48.2. The van der Waals surface area contributed by atoms with Crippen molar-refractivity contribution < 1.29 is 19.1 Å². The van der Waals surface area contributed by atoms with E-state index in [0.717, 1.165) is 38.8 Å². The lowest BCUT2D eigenvalue weighted by Crippen LogP contribution is -2.38. The largest absolute Gasteiger partial charge is 0.465 e. The molecule has 0 aromatic carbocycles. The van der Waals surface area contributed by atoms with Crippen LogP contribution in [0.3, 0.4) is 0 Å². The third-order valence-electron chi connectivity index (χ3n) is 15.2. The smallest absolute Gasteiger partial charge is 0.305 e. The fourth-order valence-corrected chi connectivity index (χ4v) is 10.4. The van der Waals surface area contributed by atoms with Gasteiger partial charge in [-0.25, -0.2) is 4.98 Å². The van der Waals surface area contributed by atoms with E-state index in [9.17, 15) is 9.59 Å². The van der Waals surface area contributed by atoms with E-state index in [1.807, 2.05) is 12.5 Å². The van der Waals surface area contributed by atoms with Crippen LogP contribution in [0.1, 0.15) is 317 Å². The molecule has 0 aliphatic rings. The summed E-state index contributed by atoms with van der Waals surface area (Å²) in [4.78, 5) is 32.5. The van der Waals surface area contributed by atoms with E-state index in [-0.39, 0.29) is 11.9 Å². The second-order valence-electron chi connectivity index (χ2n) is 21.8. The molecule has 1 aromatic rings. The van der Waals surface area contributed by atoms with E-state index in [4.69, 9.17) is 9.47 Å². The molecule has 7 nitrogen and oxygen atoms in total. The van der Waals surface area contributed by atoms with E-state index in [0.29, 0.717) is 43.9 Å². The Morgan fingerprint density at radius 2 is 0.768 bits per heavy atom. The van der Waals surface area contributed by atoms with Gasteiger partial charge in [0.25, 0.3) is 0 Å². The highest BCUT2D eigenvalue weighted by Crippen LogP contribution is 2.23. The van der Waals surface area contributed by atoms with Crippen molar-refractivity contribution in [2.24, 2.45) is 11.8 Å². The average molecular weight is 971 g/mol. The maximum absolute atomic E-state index is 12.7. The summed E-state index contributed by atoms with van der Waals surface area (Å²) in [5.41, 5.74) is 0. The third-order valence-corrected chi connectivity index (χ3v) is 15.2. The molecule has 0 radical (unpaired) electrons. The Morgan fingerprint density at radius 3 is 1.17 bits per heavy atom. The van der Waals surface area contributed by atoms with E-state index in [1.165, 1.54) is 251 Å². The van der Waals surface area contributed by atoms with Gasteiger partial charge in [-0.3, -0.25) is 14.5 Å². The molecular weight excluding hydrogens is 851 g/mol. The van der Waals surface area contributed by atoms with Crippen LogP contribution in [-0.2, 0) is 25.6 Å². The van der Waals surface area contributed by atoms with Crippen molar-refractivity contribution in [1.82, 2.24) is 14.5 Å². The van der Waals surface area contributed by atoms with Crippen molar-refractivity contribution in [3.63, 3.8) is 0 Å². The van der Waals surface area contributed by atoms with Crippen molar-refractivity contribution in [2.45, 2.75) is 330 Å². The highest BCUT2D eigenvalue weighted by atomic mass is 16.5. The number of carbonyl (C=O) groups is 2. The number of nitrogens with zero attached hydrogens (tertiary/aromatic N) is 3. The zero-order chi connectivity index (χ0) is 49.9. The van der Waals surface area contributed by atoms with Gasteiger partial charge in [-0.05, 0) is 76.2 Å². The summed E-state index contributed by atoms with van der Waals surface area (Å²) in [6, 6.07) is 0.631. The van der Waals surface area contributed by atoms with E-state index in [1.54, 1.807) is 0 Å². The van der Waals surface area contributed by atoms with Crippen LogP contribution < -0.4 is 0 Å². The molecule has 0 spiro atoms. The SMILES string of the molecule is CCCCCCCCCCCCCCN(CCn1ccnc1)C(CCCCCCCCC(=O)OCC(CCCC)CCCCCC)CCCCCCCCC(=O)OCC(CCCC)CCCCCC. The molecule has 69 heavy (non-hydrogen) atoms. The summed E-state index contributed by atoms with van der Waals surface area (Å²) in [5.74, 6) is 1.12. The maximum atomic E-state index is 12.7. The number of unbranched alkanes of at least 4 members (excludes halogenated alkanes) is 29. The zero-order valence-corrected chi connectivity index (χ0v) is 47.1. The van der Waals surface area contributed by atoms with Gasteiger partial charge in [0.2, 0.25) is 0 Å². The van der Waals surface area contributed by atoms with E-state index >= 15 is 0 Å². The summed E-state index contributed by atoms with van der Waals surface area (Å²) >= 11 is 0. The minimum Gasteiger partial charge on any atom is -0.465 e. The molecule has 0 saturated carbocycles. The molecule has 0 saturated heterocycles. The van der Waals surface area contributed by atoms with Crippen molar-refractivity contribution in [3.05, 3.63) is 18.7 Å². The Hall–Kier alpha value is -1.89. The Bertz CT molecular complexity index is 1140. The molecule has 2 atom stereocenters. The summed E-state index contributed by atoms with van der Waals surface area (Å²) in [5, 5.41) is 0. The predicted molar refractivity (Wildman–Crippen MR) is 298 cm³/mol. The summed E-state index contributed by atoms with van der Waals surface area (Å²) in [7, 11) is 0. The van der Waals surface area contributed by atoms with Gasteiger partial charge in [0.05, 0.1) is 19.5 Å². The normalized spacial score (nSPS) is 13.0. The number of carbonyl (C=O) groups excluding carboxylic acids is 2. The molecule has 1 rings (SSSR count). The highest BCUT2D eigenvalue weighted by Gasteiger charge is 2.19. The number of aromatic nitrogens is 2. The van der Waals surface area contributed by atoms with Gasteiger partial charge in [-0.1, -0.05) is 247 Å². The molecule has 1 aromatic heterocycles. The number of esters is 2. The van der Waals surface area contributed by atoms with Gasteiger partial charge in [0.1, 0.15) is 0 Å². The molecule has 0 amide bonds. The maximum Gasteiger partial charge on any atom is 0.305 e. The van der Waals surface area contributed by atoms with Crippen LogP contribution in [-0.4, -0.2) is 58.7 Å². The van der Waals surface area contributed by atoms with Crippen LogP contribution in [0.15, 0.2) is 18.7 Å². The summed E-state index contributed by atoms with van der Waals surface area (Å²) in [6.45, 7) is 15.9. The predicted octanol–water partition coefficient (Wildman–Crippen LogP) is 19.1. The molecule has 7 heteroatoms. The highest BCUT2D eigenvalue weighted by molar-refractivity contribution is 5.69. The van der Waals surface area contributed by atoms with Crippen LogP contribution in [0.5, 0.6) is 0 Å². The van der Waals surface area contributed by atoms with Crippen molar-refractivity contribution >= 4 is 11.9 Å². The van der Waals surface area contributed by atoms with E-state index < -0.39 is 0 Å². The lowest BCUT2D eigenvalue weighted by molar-refractivity contribution is -0.146. The second kappa shape index (κ2) is 51.0. The van der Waals surface area contributed by atoms with Gasteiger partial charge in [-0.2, -0.15) is 0 Å². The monoisotopic (exact) mass is 970 g/mol. The first-order chi connectivity index (χ1) is 34.0. The Labute approximate surface area is 430 Å². The number of hydrogen-bond acceptors (Lipinski definition) is 6. The van der Waals surface area contributed by atoms with Crippen molar-refractivity contribution in [3.8, 4) is 0 Å². The molecule has 1 heterocycles. The number of ether oxygens (including phenoxy) is 2. The van der Waals surface area contributed by atoms with Crippen molar-refractivity contribution in [1.29, 1.82) is 0 Å². The molecular formula is C62H119N3O4. The lowest BCUT2D eigenvalue weighted by Gasteiger charge is -2.32. The van der Waals surface area contributed by atoms with Crippen molar-refractivity contribution in [2.75, 3.05) is 26.3 Å². The standard InChI is InChI=1S/C62H119N3O4/c1-6-11-16-19-20-21-22-23-24-29-34-41-51-65(54-53-64-52-50-63-57-64)60(46-37-30-25-27-32-39-48-61(66)68-55-58(42-14-9-4)44-35-17-12-7-2)47-38-31-26-28-33-40-49-62(67)69-56-59(43-15-10-5)45-36-18-13-8-3/h50,52,57-60H,6-49,51,53-56H2,1-5H3. The fourth-order valence-electron chi connectivity index (χ4n) is 10.4. The molecule has 0 aliphatic heterocycles. The first-order valence-electron chi connectivity index (χ1n) is 31.0. The number of rotatable bonds is 55. The van der Waals surface area contributed by atoms with Crippen LogP contribution in [0.2, 0.25) is 0 Å². The first kappa shape index (κ1) is 65.1. The molecule has 0 aliphatic carbocycles. The summed E-state index contributed by atoms with van der Waals surface area (Å²) in [6.07, 6.45) is 60.7. The minimum absolute atomic E-state index is 0.0198. The van der Waals surface area contributed by atoms with Gasteiger partial charge in [0, 0.05) is 44.4 Å². The van der Waals surface area contributed by atoms with Crippen LogP contribution in [0.25, 0.3) is 0 Å². The van der Waals surface area contributed by atoms with Crippen LogP contribution in [0, 0.1) is 11.8 Å². The number of imidazole rings is 1. The molecule has 406 valence electrons. The molecule has 0 N–H and O–H groups in total. The molecule has 0 bridgehead atoms. The van der Waals surface area contributed by atoms with Gasteiger partial charge in [-0.15, -0.1) is 0 Å². The first-order valence-corrected chi connectivity index (χ1v) is 31.0. The average Bonchev–Trinajstić information content (AvgIpc) is 3.89. The Morgan fingerprint density at radius 1 is 0.420 bits per heavy atom. The molecule has 0 fully saturated rings. The topological polar surface area (TPSA) is 73.7 Å². The summed E-state index contributed by atoms with van der Waals surface area (Å²) < 4.78 is 13.9. The van der Waals surface area contributed by atoms with Crippen LogP contribution >= 0.6 is 0 Å². The minimum atomic E-state index is 0.0198. The second-order valence-corrected chi connectivity index (χ2v) is 21.8. The van der Waals surface area contributed by atoms with Crippen LogP contribution in [0.4, 0.5) is 0 Å². The Balaban J connectivity index is 2.61. The number of hydrogen-bond donors (Lipinski definition) is 0. The fraction of sp³-hybridized carbons (Fsp3) is 0.919. The van der Waals surface area contributed by atoms with Gasteiger partial charge < -0.3 is 14.0 Å². The van der Waals surface area contributed by atoms with Gasteiger partial charge in [0.15, 0.2) is 0 Å². The van der Waals surface area contributed by atoms with Gasteiger partial charge >= 0.3 is 11.9 Å². The van der Waals surface area contributed by atoms with E-state index in [2.05, 4.69) is 55.3 Å². The third kappa shape index (κ3) is 42.3. The molecule has 2 unspecified atom stereocenters. The lowest BCUT2D eigenvalue weighted by atomic mass is 9.96. The quantitative estimate of drug-likeness (QED) is 0.0478. The zero-order valence-electron chi connectivity index (χ0n) is 47.1.